The molecule has 0 aliphatic rings. The molecule has 0 bridgehead atoms. The third kappa shape index (κ3) is 5.44. The van der Waals surface area contributed by atoms with Crippen molar-refractivity contribution in [2.45, 2.75) is 32.9 Å². The highest BCUT2D eigenvalue weighted by molar-refractivity contribution is 6.35. The fourth-order valence-corrected chi connectivity index (χ4v) is 1.99. The molecule has 0 aliphatic heterocycles. The van der Waals surface area contributed by atoms with Gasteiger partial charge in [-0.3, -0.25) is 9.59 Å². The number of hydrogen-bond acceptors (Lipinski definition) is 3. The molecule has 5 nitrogen and oxygen atoms in total. The molecule has 0 aliphatic carbocycles. The van der Waals surface area contributed by atoms with E-state index >= 15 is 0 Å². The van der Waals surface area contributed by atoms with Crippen molar-refractivity contribution < 1.29 is 14.3 Å². The Kier molecular flexibility index (Phi) is 6.78. The summed E-state index contributed by atoms with van der Waals surface area (Å²) in [7, 11) is 0. The minimum Gasteiger partial charge on any atom is -0.479 e. The molecule has 0 saturated heterocycles. The second-order valence-electron chi connectivity index (χ2n) is 4.46. The van der Waals surface area contributed by atoms with Crippen LogP contribution < -0.4 is 15.4 Å². The zero-order valence-electron chi connectivity index (χ0n) is 12.1. The Morgan fingerprint density at radius 1 is 1.24 bits per heavy atom. The average molecular weight is 333 g/mol. The predicted octanol–water partition coefficient (Wildman–Crippen LogP) is 2.40. The summed E-state index contributed by atoms with van der Waals surface area (Å²) in [6.45, 7) is 5.49. The van der Waals surface area contributed by atoms with E-state index in [0.717, 1.165) is 0 Å². The van der Waals surface area contributed by atoms with Crippen LogP contribution in [0.2, 0.25) is 10.0 Å². The Balaban J connectivity index is 2.60. The largest absolute Gasteiger partial charge is 0.479 e. The van der Waals surface area contributed by atoms with Crippen LogP contribution in [0, 0.1) is 0 Å². The number of ether oxygens (including phenoxy) is 1. The van der Waals surface area contributed by atoms with E-state index in [4.69, 9.17) is 27.9 Å². The third-order valence-electron chi connectivity index (χ3n) is 2.67. The summed E-state index contributed by atoms with van der Waals surface area (Å²) >= 11 is 11.8. The van der Waals surface area contributed by atoms with Gasteiger partial charge in [0.15, 0.2) is 6.10 Å². The maximum Gasteiger partial charge on any atom is 0.261 e. The van der Waals surface area contributed by atoms with Crippen LogP contribution in [0.1, 0.15) is 20.8 Å². The summed E-state index contributed by atoms with van der Waals surface area (Å²) < 4.78 is 5.47. The lowest BCUT2D eigenvalue weighted by atomic mass is 10.2. The van der Waals surface area contributed by atoms with Crippen molar-refractivity contribution in [3.05, 3.63) is 28.2 Å². The fraction of sp³-hybridized carbons (Fsp3) is 0.429. The first-order valence-corrected chi connectivity index (χ1v) is 7.30. The van der Waals surface area contributed by atoms with Gasteiger partial charge in [0.2, 0.25) is 5.91 Å². The standard InChI is InChI=1S/C14H18Cl2N2O3/c1-4-17-13(19)8(2)18-14(20)9(3)21-12-6-5-10(15)7-11(12)16/h5-9H,4H2,1-3H3,(H,17,19)(H,18,20)/t8-,9-/m1/s1. The van der Waals surface area contributed by atoms with E-state index in [0.29, 0.717) is 22.3 Å². The Morgan fingerprint density at radius 2 is 1.90 bits per heavy atom. The molecule has 1 rings (SSSR count). The van der Waals surface area contributed by atoms with Crippen LogP contribution in [0.5, 0.6) is 5.75 Å². The minimum atomic E-state index is -0.791. The van der Waals surface area contributed by atoms with Crippen molar-refractivity contribution in [1.29, 1.82) is 0 Å². The summed E-state index contributed by atoms with van der Waals surface area (Å²) in [5, 5.41) is 5.99. The molecule has 7 heteroatoms. The topological polar surface area (TPSA) is 67.4 Å². The zero-order valence-corrected chi connectivity index (χ0v) is 13.6. The highest BCUT2D eigenvalue weighted by Gasteiger charge is 2.21. The zero-order chi connectivity index (χ0) is 16.0. The number of nitrogens with one attached hydrogen (secondary N) is 2. The van der Waals surface area contributed by atoms with Gasteiger partial charge in [-0.25, -0.2) is 0 Å². The van der Waals surface area contributed by atoms with Crippen molar-refractivity contribution in [3.8, 4) is 5.75 Å². The summed E-state index contributed by atoms with van der Waals surface area (Å²) in [5.41, 5.74) is 0. The number of hydrogen-bond donors (Lipinski definition) is 2. The van der Waals surface area contributed by atoms with Crippen molar-refractivity contribution in [3.63, 3.8) is 0 Å². The van der Waals surface area contributed by atoms with Crippen LogP contribution in [0.15, 0.2) is 18.2 Å². The molecule has 2 amide bonds. The number of carbonyl (C=O) groups is 2. The van der Waals surface area contributed by atoms with E-state index in [-0.39, 0.29) is 5.91 Å². The maximum atomic E-state index is 12.0. The first-order chi connectivity index (χ1) is 9.85. The number of likely N-dealkylation sites (N-methyl/N-ethyl adjacent to an activating group) is 1. The fourth-order valence-electron chi connectivity index (χ4n) is 1.54. The van der Waals surface area contributed by atoms with Gasteiger partial charge in [0.25, 0.3) is 5.91 Å². The second kappa shape index (κ2) is 8.10. The van der Waals surface area contributed by atoms with E-state index in [1.54, 1.807) is 32.9 Å². The van der Waals surface area contributed by atoms with Crippen LogP contribution >= 0.6 is 23.2 Å². The molecule has 0 heterocycles. The number of carbonyl (C=O) groups excluding carboxylic acids is 2. The van der Waals surface area contributed by atoms with Gasteiger partial charge < -0.3 is 15.4 Å². The number of halogens is 2. The number of rotatable bonds is 6. The van der Waals surface area contributed by atoms with Gasteiger partial charge in [0.1, 0.15) is 11.8 Å². The first-order valence-electron chi connectivity index (χ1n) is 6.55. The number of benzene rings is 1. The Labute approximate surface area is 133 Å². The number of amides is 2. The van der Waals surface area contributed by atoms with Gasteiger partial charge >= 0.3 is 0 Å². The molecular formula is C14H18Cl2N2O3. The van der Waals surface area contributed by atoms with E-state index in [2.05, 4.69) is 10.6 Å². The van der Waals surface area contributed by atoms with E-state index in [1.807, 2.05) is 0 Å². The molecule has 0 aromatic heterocycles. The smallest absolute Gasteiger partial charge is 0.261 e. The molecular weight excluding hydrogens is 315 g/mol. The summed E-state index contributed by atoms with van der Waals surface area (Å²) in [5.74, 6) is -0.295. The Morgan fingerprint density at radius 3 is 2.48 bits per heavy atom. The van der Waals surface area contributed by atoms with E-state index < -0.39 is 18.1 Å². The summed E-state index contributed by atoms with van der Waals surface area (Å²) in [4.78, 5) is 23.5. The Bertz CT molecular complexity index is 523. The monoisotopic (exact) mass is 332 g/mol. The highest BCUT2D eigenvalue weighted by atomic mass is 35.5. The molecule has 1 aromatic rings. The molecule has 0 radical (unpaired) electrons. The third-order valence-corrected chi connectivity index (χ3v) is 3.20. The van der Waals surface area contributed by atoms with Crippen LogP contribution in [0.25, 0.3) is 0 Å². The molecule has 21 heavy (non-hydrogen) atoms. The molecule has 0 spiro atoms. The van der Waals surface area contributed by atoms with E-state index in [9.17, 15) is 9.59 Å². The van der Waals surface area contributed by atoms with Gasteiger partial charge in [-0.15, -0.1) is 0 Å². The lowest BCUT2D eigenvalue weighted by molar-refractivity contribution is -0.132. The van der Waals surface area contributed by atoms with Crippen molar-refractivity contribution in [2.75, 3.05) is 6.54 Å². The highest BCUT2D eigenvalue weighted by Crippen LogP contribution is 2.28. The first kappa shape index (κ1) is 17.6. The predicted molar refractivity (Wildman–Crippen MR) is 82.8 cm³/mol. The molecule has 2 atom stereocenters. The van der Waals surface area contributed by atoms with E-state index in [1.165, 1.54) is 6.07 Å². The second-order valence-corrected chi connectivity index (χ2v) is 5.30. The normalized spacial score (nSPS) is 13.2. The van der Waals surface area contributed by atoms with Crippen LogP contribution in [0.3, 0.4) is 0 Å². The maximum absolute atomic E-state index is 12.0. The average Bonchev–Trinajstić information content (AvgIpc) is 2.41. The molecule has 2 N–H and O–H groups in total. The summed E-state index contributed by atoms with van der Waals surface area (Å²) in [6.07, 6.45) is -0.791. The van der Waals surface area contributed by atoms with Crippen LogP contribution in [-0.4, -0.2) is 30.5 Å². The van der Waals surface area contributed by atoms with Crippen LogP contribution in [-0.2, 0) is 9.59 Å². The Hall–Kier alpha value is -1.46. The molecule has 116 valence electrons. The van der Waals surface area contributed by atoms with Gasteiger partial charge in [-0.05, 0) is 39.0 Å². The lowest BCUT2D eigenvalue weighted by Gasteiger charge is -2.18. The lowest BCUT2D eigenvalue weighted by Crippen LogP contribution is -2.48. The summed E-state index contributed by atoms with van der Waals surface area (Å²) in [6, 6.07) is 4.09. The van der Waals surface area contributed by atoms with Crippen molar-refractivity contribution >= 4 is 35.0 Å². The van der Waals surface area contributed by atoms with Gasteiger partial charge in [-0.1, -0.05) is 23.2 Å². The molecule has 1 aromatic carbocycles. The minimum absolute atomic E-state index is 0.248. The van der Waals surface area contributed by atoms with Crippen LogP contribution in [0.4, 0.5) is 0 Å². The van der Waals surface area contributed by atoms with Crippen molar-refractivity contribution in [2.24, 2.45) is 0 Å². The van der Waals surface area contributed by atoms with Gasteiger partial charge in [-0.2, -0.15) is 0 Å². The molecule has 0 unspecified atom stereocenters. The molecule has 0 fully saturated rings. The van der Waals surface area contributed by atoms with Gasteiger partial charge in [0.05, 0.1) is 5.02 Å². The SMILES string of the molecule is CCNC(=O)[C@@H](C)NC(=O)[C@@H](C)Oc1ccc(Cl)cc1Cl. The molecule has 0 saturated carbocycles. The quantitative estimate of drug-likeness (QED) is 0.840. The van der Waals surface area contributed by atoms with Gasteiger partial charge in [0, 0.05) is 11.6 Å². The van der Waals surface area contributed by atoms with Crippen molar-refractivity contribution in [1.82, 2.24) is 10.6 Å².